The maximum absolute atomic E-state index is 6.79. The Labute approximate surface area is 306 Å². The largest absolute Gasteiger partial charge is 0.454 e. The van der Waals surface area contributed by atoms with Crippen molar-refractivity contribution in [1.29, 1.82) is 0 Å². The van der Waals surface area contributed by atoms with E-state index >= 15 is 0 Å². The van der Waals surface area contributed by atoms with Gasteiger partial charge in [-0.05, 0) is 64.2 Å². The van der Waals surface area contributed by atoms with E-state index < -0.39 is 0 Å². The minimum Gasteiger partial charge on any atom is -0.454 e. The van der Waals surface area contributed by atoms with Crippen molar-refractivity contribution in [2.45, 2.75) is 0 Å². The molecule has 4 heteroatoms. The number of benzene rings is 8. The zero-order valence-corrected chi connectivity index (χ0v) is 28.7. The molecule has 0 radical (unpaired) electrons. The number of nitrogens with zero attached hydrogens (tertiary/aromatic N) is 2. The Morgan fingerprint density at radius 3 is 1.60 bits per heavy atom. The average Bonchev–Trinajstić information content (AvgIpc) is 3.85. The van der Waals surface area contributed by atoms with E-state index in [1.165, 1.54) is 11.1 Å². The van der Waals surface area contributed by atoms with Crippen LogP contribution in [0.15, 0.2) is 203 Å². The molecule has 0 fully saturated rings. The summed E-state index contributed by atoms with van der Waals surface area (Å²) in [6.45, 7) is 0. The second-order valence-electron chi connectivity index (χ2n) is 13.1. The Bertz CT molecular complexity index is 2860. The van der Waals surface area contributed by atoms with Crippen LogP contribution >= 0.6 is 0 Å². The van der Waals surface area contributed by atoms with Gasteiger partial charge in [0.2, 0.25) is 5.89 Å². The second kappa shape index (κ2) is 12.9. The average molecular weight is 681 g/mol. The predicted octanol–water partition coefficient (Wildman–Crippen LogP) is 13.9. The van der Waals surface area contributed by atoms with Crippen molar-refractivity contribution in [1.82, 2.24) is 4.98 Å². The first-order valence-corrected chi connectivity index (χ1v) is 17.8. The third-order valence-electron chi connectivity index (χ3n) is 9.93. The molecule has 10 aromatic rings. The summed E-state index contributed by atoms with van der Waals surface area (Å²) in [7, 11) is 0. The minimum atomic E-state index is 0.572. The molecular formula is C49H32N2O2. The molecule has 0 spiro atoms. The van der Waals surface area contributed by atoms with E-state index in [4.69, 9.17) is 13.8 Å². The molecule has 0 aliphatic heterocycles. The van der Waals surface area contributed by atoms with Crippen LogP contribution in [0.1, 0.15) is 0 Å². The van der Waals surface area contributed by atoms with Crippen molar-refractivity contribution in [2.24, 2.45) is 0 Å². The number of para-hydroxylation sites is 2. The van der Waals surface area contributed by atoms with Gasteiger partial charge in [-0.1, -0.05) is 152 Å². The van der Waals surface area contributed by atoms with E-state index in [-0.39, 0.29) is 0 Å². The molecule has 53 heavy (non-hydrogen) atoms. The summed E-state index contributed by atoms with van der Waals surface area (Å²) in [5, 5.41) is 1.92. The lowest BCUT2D eigenvalue weighted by Gasteiger charge is -2.28. The van der Waals surface area contributed by atoms with E-state index in [1.54, 1.807) is 0 Å². The summed E-state index contributed by atoms with van der Waals surface area (Å²) < 4.78 is 13.4. The molecule has 0 aliphatic rings. The van der Waals surface area contributed by atoms with Crippen molar-refractivity contribution < 1.29 is 8.83 Å². The molecule has 0 atom stereocenters. The van der Waals surface area contributed by atoms with E-state index in [9.17, 15) is 0 Å². The number of rotatable bonds is 7. The number of furan rings is 1. The Morgan fingerprint density at radius 2 is 0.925 bits per heavy atom. The minimum absolute atomic E-state index is 0.572. The lowest BCUT2D eigenvalue weighted by atomic mass is 9.99. The van der Waals surface area contributed by atoms with Crippen molar-refractivity contribution in [3.05, 3.63) is 194 Å². The van der Waals surface area contributed by atoms with Gasteiger partial charge >= 0.3 is 0 Å². The Kier molecular flexibility index (Phi) is 7.43. The number of anilines is 3. The Balaban J connectivity index is 1.18. The highest BCUT2D eigenvalue weighted by Crippen LogP contribution is 2.48. The number of hydrogen-bond acceptors (Lipinski definition) is 4. The highest BCUT2D eigenvalue weighted by atomic mass is 16.4. The van der Waals surface area contributed by atoms with Gasteiger partial charge in [-0.2, -0.15) is 0 Å². The van der Waals surface area contributed by atoms with E-state index in [0.717, 1.165) is 72.3 Å². The van der Waals surface area contributed by atoms with Gasteiger partial charge in [-0.25, -0.2) is 4.98 Å². The molecule has 4 nitrogen and oxygen atoms in total. The van der Waals surface area contributed by atoms with E-state index in [2.05, 4.69) is 144 Å². The highest BCUT2D eigenvalue weighted by molar-refractivity contribution is 6.21. The molecule has 8 aromatic carbocycles. The number of fused-ring (bicyclic) bond motifs is 5. The molecular weight excluding hydrogens is 649 g/mol. The van der Waals surface area contributed by atoms with Gasteiger partial charge in [0.1, 0.15) is 11.1 Å². The third kappa shape index (κ3) is 5.45. The zero-order chi connectivity index (χ0) is 35.1. The van der Waals surface area contributed by atoms with Crippen molar-refractivity contribution in [3.8, 4) is 44.8 Å². The molecule has 0 saturated heterocycles. The smallest absolute Gasteiger partial charge is 0.227 e. The SMILES string of the molecule is c1ccc(-c2ccc(-c3ccc(N(c4ccccc4-c4ccccc4)c4cc5oc(-c6ccccc6)nc5c5c4oc4ccccc45)cc3)cc2)cc1. The molecule has 0 N–H and O–H groups in total. The molecule has 250 valence electrons. The van der Waals surface area contributed by atoms with Crippen LogP contribution in [0.4, 0.5) is 17.1 Å². The van der Waals surface area contributed by atoms with Crippen molar-refractivity contribution in [3.63, 3.8) is 0 Å². The van der Waals surface area contributed by atoms with Crippen LogP contribution < -0.4 is 4.90 Å². The van der Waals surface area contributed by atoms with Gasteiger partial charge in [0, 0.05) is 28.3 Å². The first-order valence-electron chi connectivity index (χ1n) is 17.8. The van der Waals surface area contributed by atoms with Gasteiger partial charge in [0.05, 0.1) is 16.8 Å². The van der Waals surface area contributed by atoms with Gasteiger partial charge in [-0.3, -0.25) is 0 Å². The van der Waals surface area contributed by atoms with Gasteiger partial charge in [0.15, 0.2) is 11.2 Å². The topological polar surface area (TPSA) is 42.4 Å². The molecule has 0 unspecified atom stereocenters. The monoisotopic (exact) mass is 680 g/mol. The standard InChI is InChI=1S/C49H32N2O2/c1-4-14-33(15-5-1)34-24-26-35(27-25-34)36-28-30-39(31-29-36)51(42-22-12-10-20-40(42)37-16-6-2-7-17-37)43-32-45-47(50-49(53-45)38-18-8-3-9-19-38)46-41-21-11-13-23-44(41)52-48(43)46/h1-32H. The third-order valence-corrected chi connectivity index (χ3v) is 9.93. The fraction of sp³-hybridized carbons (Fsp3) is 0. The van der Waals surface area contributed by atoms with Crippen LogP contribution in [-0.4, -0.2) is 4.98 Å². The molecule has 10 rings (SSSR count). The first kappa shape index (κ1) is 30.6. The summed E-state index contributed by atoms with van der Waals surface area (Å²) in [4.78, 5) is 7.36. The Hall–Kier alpha value is -7.17. The van der Waals surface area contributed by atoms with Gasteiger partial charge in [-0.15, -0.1) is 0 Å². The highest BCUT2D eigenvalue weighted by Gasteiger charge is 2.26. The molecule has 0 amide bonds. The van der Waals surface area contributed by atoms with Crippen molar-refractivity contribution >= 4 is 50.1 Å². The van der Waals surface area contributed by atoms with E-state index in [1.807, 2.05) is 54.6 Å². The number of aromatic nitrogens is 1. The van der Waals surface area contributed by atoms with Gasteiger partial charge < -0.3 is 13.7 Å². The molecule has 2 aromatic heterocycles. The lowest BCUT2D eigenvalue weighted by molar-refractivity contribution is 0.619. The van der Waals surface area contributed by atoms with Crippen LogP contribution in [0.3, 0.4) is 0 Å². The van der Waals surface area contributed by atoms with Gasteiger partial charge in [0.25, 0.3) is 0 Å². The summed E-state index contributed by atoms with van der Waals surface area (Å²) in [6, 6.07) is 67.4. The molecule has 0 aliphatic carbocycles. The molecule has 2 heterocycles. The maximum Gasteiger partial charge on any atom is 0.227 e. The van der Waals surface area contributed by atoms with Crippen LogP contribution in [0, 0.1) is 0 Å². The second-order valence-corrected chi connectivity index (χ2v) is 13.1. The molecule has 0 saturated carbocycles. The van der Waals surface area contributed by atoms with Crippen LogP contribution in [0.5, 0.6) is 0 Å². The van der Waals surface area contributed by atoms with Crippen LogP contribution in [0.25, 0.3) is 77.9 Å². The maximum atomic E-state index is 6.79. The quantitative estimate of drug-likeness (QED) is 0.168. The fourth-order valence-corrected chi connectivity index (χ4v) is 7.36. The number of oxazole rings is 1. The molecule has 0 bridgehead atoms. The number of hydrogen-bond donors (Lipinski definition) is 0. The van der Waals surface area contributed by atoms with Crippen LogP contribution in [-0.2, 0) is 0 Å². The first-order chi connectivity index (χ1) is 26.3. The predicted molar refractivity (Wildman–Crippen MR) is 218 cm³/mol. The van der Waals surface area contributed by atoms with E-state index in [0.29, 0.717) is 11.5 Å². The lowest BCUT2D eigenvalue weighted by Crippen LogP contribution is -2.11. The summed E-state index contributed by atoms with van der Waals surface area (Å²) in [6.07, 6.45) is 0. The fourth-order valence-electron chi connectivity index (χ4n) is 7.36. The summed E-state index contributed by atoms with van der Waals surface area (Å²) in [5.74, 6) is 0.572. The van der Waals surface area contributed by atoms with Crippen LogP contribution in [0.2, 0.25) is 0 Å². The Morgan fingerprint density at radius 1 is 0.396 bits per heavy atom. The normalized spacial score (nSPS) is 11.4. The van der Waals surface area contributed by atoms with Crippen molar-refractivity contribution in [2.75, 3.05) is 4.90 Å². The summed E-state index contributed by atoms with van der Waals surface area (Å²) in [5.41, 5.74) is 13.7. The zero-order valence-electron chi connectivity index (χ0n) is 28.7. The summed E-state index contributed by atoms with van der Waals surface area (Å²) >= 11 is 0.